The van der Waals surface area contributed by atoms with E-state index in [0.717, 1.165) is 81.8 Å². The van der Waals surface area contributed by atoms with Crippen LogP contribution in [0.2, 0.25) is 0 Å². The van der Waals surface area contributed by atoms with Gasteiger partial charge >= 0.3 is 12.1 Å². The number of aliphatic carboxylic acids is 1. The number of carboxylic acids is 1. The number of carbonyl (C=O) groups excluding carboxylic acids is 1. The molecule has 5 aliphatic carbocycles. The van der Waals surface area contributed by atoms with Crippen molar-refractivity contribution in [3.63, 3.8) is 0 Å². The van der Waals surface area contributed by atoms with Gasteiger partial charge in [0, 0.05) is 67.6 Å². The average Bonchev–Trinajstić information content (AvgIpc) is 3.45. The number of aromatic nitrogens is 4. The third-order valence-electron chi connectivity index (χ3n) is 13.4. The number of nitrogens with one attached hydrogen (secondary N) is 1. The van der Waals surface area contributed by atoms with Gasteiger partial charge in [0.1, 0.15) is 17.4 Å². The second-order valence-corrected chi connectivity index (χ2v) is 16.6. The number of piperidine rings is 1. The molecule has 0 radical (unpaired) electrons. The van der Waals surface area contributed by atoms with E-state index in [0.29, 0.717) is 54.8 Å². The average molecular weight is 757 g/mol. The van der Waals surface area contributed by atoms with Crippen molar-refractivity contribution in [1.29, 1.82) is 0 Å². The first-order chi connectivity index (χ1) is 26.6. The molecule has 290 valence electrons. The van der Waals surface area contributed by atoms with Gasteiger partial charge in [-0.2, -0.15) is 13.2 Å². The smallest absolute Gasteiger partial charge is 0.434 e. The van der Waals surface area contributed by atoms with E-state index in [1.54, 1.807) is 18.5 Å². The molecule has 3 aromatic heterocycles. The van der Waals surface area contributed by atoms with Gasteiger partial charge in [-0.05, 0) is 98.9 Å². The van der Waals surface area contributed by atoms with E-state index in [4.69, 9.17) is 4.74 Å². The number of carbonyl (C=O) groups is 2. The van der Waals surface area contributed by atoms with Crippen LogP contribution in [-0.2, 0) is 11.0 Å². The van der Waals surface area contributed by atoms with Crippen molar-refractivity contribution in [3.05, 3.63) is 66.2 Å². The van der Waals surface area contributed by atoms with Crippen molar-refractivity contribution in [2.45, 2.75) is 107 Å². The summed E-state index contributed by atoms with van der Waals surface area (Å²) in [5.41, 5.74) is -2.04. The second-order valence-electron chi connectivity index (χ2n) is 16.6. The molecule has 0 spiro atoms. The fourth-order valence-electron chi connectivity index (χ4n) is 10.9. The zero-order valence-electron chi connectivity index (χ0n) is 30.8. The van der Waals surface area contributed by atoms with Gasteiger partial charge in [0.05, 0.1) is 16.8 Å². The lowest BCUT2D eigenvalue weighted by molar-refractivity contribution is -0.154. The Bertz CT molecular complexity index is 2070. The van der Waals surface area contributed by atoms with Crippen LogP contribution in [0.3, 0.4) is 0 Å². The summed E-state index contributed by atoms with van der Waals surface area (Å²) < 4.78 is 53.4. The Hall–Kier alpha value is -4.68. The van der Waals surface area contributed by atoms with Gasteiger partial charge in [0.15, 0.2) is 5.69 Å². The van der Waals surface area contributed by atoms with Crippen LogP contribution in [0.25, 0.3) is 22.2 Å². The maximum absolute atomic E-state index is 14.9. The van der Waals surface area contributed by atoms with Crippen molar-refractivity contribution in [2.75, 3.05) is 18.0 Å². The highest BCUT2D eigenvalue weighted by atomic mass is 19.4. The SMILES string of the molecule is O=C(NC1(C(=O)O)C2CCC3CC(C2)CC1C3)c1ccc(-c2cn(C3CCCCC3)c3cc(OC4CCN(c5ncccn5)CC4)ccc23)nc1C(F)(F)F. The van der Waals surface area contributed by atoms with Gasteiger partial charge in [-0.25, -0.2) is 19.7 Å². The number of amides is 1. The minimum Gasteiger partial charge on any atom is -0.490 e. The molecule has 10 nitrogen and oxygen atoms in total. The summed E-state index contributed by atoms with van der Waals surface area (Å²) in [6.07, 6.45) is 11.8. The maximum atomic E-state index is 14.9. The molecule has 1 aliphatic heterocycles. The summed E-state index contributed by atoms with van der Waals surface area (Å²) >= 11 is 0. The monoisotopic (exact) mass is 756 g/mol. The Morgan fingerprint density at radius 3 is 2.36 bits per heavy atom. The third kappa shape index (κ3) is 6.60. The van der Waals surface area contributed by atoms with Crippen molar-refractivity contribution in [3.8, 4) is 17.0 Å². The highest BCUT2D eigenvalue weighted by Crippen LogP contribution is 2.56. The van der Waals surface area contributed by atoms with E-state index in [1.807, 2.05) is 24.4 Å². The first-order valence-electron chi connectivity index (χ1n) is 20.0. The molecule has 6 aliphatic rings. The molecule has 4 aromatic rings. The minimum absolute atomic E-state index is 0.00631. The molecule has 5 atom stereocenters. The first kappa shape index (κ1) is 36.0. The lowest BCUT2D eigenvalue weighted by Crippen LogP contribution is -2.66. The quantitative estimate of drug-likeness (QED) is 0.184. The number of halogens is 3. The summed E-state index contributed by atoms with van der Waals surface area (Å²) in [6, 6.07) is 10.4. The number of hydrogen-bond donors (Lipinski definition) is 2. The van der Waals surface area contributed by atoms with E-state index in [-0.39, 0.29) is 29.7 Å². The number of carboxylic acid groups (broad SMARTS) is 1. The zero-order chi connectivity index (χ0) is 37.9. The number of fused-ring (bicyclic) bond motifs is 2. The summed E-state index contributed by atoms with van der Waals surface area (Å²) in [4.78, 5) is 42.0. The molecule has 6 fully saturated rings. The molecule has 5 saturated carbocycles. The van der Waals surface area contributed by atoms with Crippen molar-refractivity contribution < 1.29 is 32.6 Å². The summed E-state index contributed by atoms with van der Waals surface area (Å²) in [6.45, 7) is 1.53. The van der Waals surface area contributed by atoms with E-state index in [9.17, 15) is 27.9 Å². The van der Waals surface area contributed by atoms with E-state index >= 15 is 0 Å². The molecule has 1 saturated heterocycles. The standard InChI is InChI=1S/C42H47F3N6O4/c43-42(44,45)37-33(38(52)49-41(39(53)54)27-8-7-25-19-26(21-27)22-28(41)20-25)11-12-35(48-37)34-24-51(29-5-2-1-3-6-29)36-23-31(9-10-32(34)36)55-30-13-17-50(18-14-30)40-46-15-4-16-47-40/h4,9-12,15-16,23-30H,1-3,5-8,13-14,17-22H2,(H,49,52)(H,53,54). The Labute approximate surface area is 317 Å². The summed E-state index contributed by atoms with van der Waals surface area (Å²) in [5, 5.41) is 14.1. The number of rotatable bonds is 8. The summed E-state index contributed by atoms with van der Waals surface area (Å²) in [7, 11) is 0. The molecule has 13 heteroatoms. The fourth-order valence-corrected chi connectivity index (χ4v) is 10.9. The van der Waals surface area contributed by atoms with Crippen LogP contribution in [0.15, 0.2) is 55.0 Å². The zero-order valence-corrected chi connectivity index (χ0v) is 30.8. The number of nitrogens with zero attached hydrogens (tertiary/aromatic N) is 5. The molecule has 2 N–H and O–H groups in total. The van der Waals surface area contributed by atoms with Gasteiger partial charge in [0.25, 0.3) is 5.91 Å². The van der Waals surface area contributed by atoms with E-state index in [1.165, 1.54) is 12.1 Å². The van der Waals surface area contributed by atoms with E-state index in [2.05, 4.69) is 29.7 Å². The van der Waals surface area contributed by atoms with Crippen LogP contribution in [0.1, 0.15) is 106 Å². The molecular weight excluding hydrogens is 709 g/mol. The Morgan fingerprint density at radius 2 is 1.62 bits per heavy atom. The lowest BCUT2D eigenvalue weighted by Gasteiger charge is -2.50. The molecule has 5 unspecified atom stereocenters. The number of hydrogen-bond acceptors (Lipinski definition) is 7. The predicted octanol–water partition coefficient (Wildman–Crippen LogP) is 8.46. The molecule has 10 rings (SSSR count). The summed E-state index contributed by atoms with van der Waals surface area (Å²) in [5.74, 6) is -0.604. The number of ether oxygens (including phenoxy) is 1. The van der Waals surface area contributed by atoms with Gasteiger partial charge in [-0.1, -0.05) is 25.7 Å². The Balaban J connectivity index is 1.03. The van der Waals surface area contributed by atoms with Crippen molar-refractivity contribution in [1.82, 2.24) is 24.8 Å². The third-order valence-corrected chi connectivity index (χ3v) is 13.4. The van der Waals surface area contributed by atoms with Crippen LogP contribution >= 0.6 is 0 Å². The number of anilines is 1. The molecular formula is C42H47F3N6O4. The van der Waals surface area contributed by atoms with Gasteiger partial charge in [-0.3, -0.25) is 4.79 Å². The van der Waals surface area contributed by atoms with Gasteiger partial charge < -0.3 is 24.6 Å². The fraction of sp³-hybridized carbons (Fsp3) is 0.548. The van der Waals surface area contributed by atoms with Gasteiger partial charge in [-0.15, -0.1) is 0 Å². The van der Waals surface area contributed by atoms with Crippen molar-refractivity contribution >= 4 is 28.7 Å². The lowest BCUT2D eigenvalue weighted by atomic mass is 9.58. The number of pyridine rings is 1. The number of alkyl halides is 3. The second kappa shape index (κ2) is 14.1. The largest absolute Gasteiger partial charge is 0.490 e. The van der Waals surface area contributed by atoms with Crippen LogP contribution < -0.4 is 15.0 Å². The first-order valence-corrected chi connectivity index (χ1v) is 20.0. The molecule has 1 amide bonds. The Morgan fingerprint density at radius 1 is 0.873 bits per heavy atom. The molecule has 55 heavy (non-hydrogen) atoms. The van der Waals surface area contributed by atoms with Crippen LogP contribution in [0, 0.1) is 23.7 Å². The number of benzene rings is 1. The maximum Gasteiger partial charge on any atom is 0.434 e. The predicted molar refractivity (Wildman–Crippen MR) is 200 cm³/mol. The van der Waals surface area contributed by atoms with Crippen molar-refractivity contribution in [2.24, 2.45) is 23.7 Å². The van der Waals surface area contributed by atoms with Gasteiger partial charge in [0.2, 0.25) is 5.95 Å². The van der Waals surface area contributed by atoms with E-state index < -0.39 is 34.8 Å². The van der Waals surface area contributed by atoms with Crippen LogP contribution in [0.5, 0.6) is 5.75 Å². The van der Waals surface area contributed by atoms with Crippen LogP contribution in [0.4, 0.5) is 19.1 Å². The Kier molecular flexibility index (Phi) is 9.24. The molecule has 4 heterocycles. The molecule has 4 bridgehead atoms. The highest BCUT2D eigenvalue weighted by Gasteiger charge is 2.60. The normalized spacial score (nSPS) is 27.3. The topological polar surface area (TPSA) is 122 Å². The minimum atomic E-state index is -4.95. The van der Waals surface area contributed by atoms with Crippen LogP contribution in [-0.4, -0.2) is 61.2 Å². The highest BCUT2D eigenvalue weighted by molar-refractivity contribution is 6.00. The molecule has 1 aromatic carbocycles.